The molecule has 0 spiro atoms. The van der Waals surface area contributed by atoms with Gasteiger partial charge in [-0.15, -0.1) is 0 Å². The highest BCUT2D eigenvalue weighted by atomic mass is 15.1. The van der Waals surface area contributed by atoms with Crippen LogP contribution in [-0.4, -0.2) is 22.6 Å². The number of benzene rings is 1. The predicted molar refractivity (Wildman–Crippen MR) is 88.8 cm³/mol. The van der Waals surface area contributed by atoms with E-state index in [4.69, 9.17) is 0 Å². The molecule has 1 atom stereocenters. The molecule has 2 aromatic rings. The first-order valence-electron chi connectivity index (χ1n) is 7.56. The van der Waals surface area contributed by atoms with Crippen LogP contribution in [0.5, 0.6) is 0 Å². The fourth-order valence-electron chi connectivity index (χ4n) is 2.27. The zero-order valence-corrected chi connectivity index (χ0v) is 13.1. The summed E-state index contributed by atoms with van der Waals surface area (Å²) in [7, 11) is 0. The molecule has 0 saturated carbocycles. The second-order valence-corrected chi connectivity index (χ2v) is 5.30. The lowest BCUT2D eigenvalue weighted by Gasteiger charge is -2.17. The van der Waals surface area contributed by atoms with E-state index in [1.165, 1.54) is 5.56 Å². The van der Waals surface area contributed by atoms with Crippen LogP contribution in [0.3, 0.4) is 0 Å². The van der Waals surface area contributed by atoms with Gasteiger partial charge >= 0.3 is 0 Å². The molecule has 2 rings (SSSR count). The molecule has 4 heteroatoms. The first-order valence-corrected chi connectivity index (χ1v) is 7.56. The van der Waals surface area contributed by atoms with Gasteiger partial charge in [-0.3, -0.25) is 0 Å². The summed E-state index contributed by atoms with van der Waals surface area (Å²) in [6, 6.07) is 10.9. The number of anilines is 2. The Morgan fingerprint density at radius 3 is 2.52 bits per heavy atom. The maximum absolute atomic E-state index is 4.35. The molecule has 0 aliphatic heterocycles. The molecular formula is C17H24N4. The normalized spacial score (nSPS) is 12.0. The molecule has 1 aromatic carbocycles. The highest BCUT2D eigenvalue weighted by Gasteiger charge is 2.09. The van der Waals surface area contributed by atoms with E-state index >= 15 is 0 Å². The zero-order valence-electron chi connectivity index (χ0n) is 13.1. The van der Waals surface area contributed by atoms with Crippen LogP contribution < -0.4 is 10.6 Å². The summed E-state index contributed by atoms with van der Waals surface area (Å²) in [6.45, 7) is 7.17. The SMILES string of the molecule is CCNc1ncnc(NC(C)CCc2ccccc2)c1C. The van der Waals surface area contributed by atoms with Crippen molar-refractivity contribution in [3.05, 3.63) is 47.8 Å². The second-order valence-electron chi connectivity index (χ2n) is 5.30. The molecule has 4 nitrogen and oxygen atoms in total. The van der Waals surface area contributed by atoms with Crippen LogP contribution in [0, 0.1) is 6.92 Å². The van der Waals surface area contributed by atoms with Gasteiger partial charge in [0.25, 0.3) is 0 Å². The maximum atomic E-state index is 4.35. The van der Waals surface area contributed by atoms with E-state index in [9.17, 15) is 0 Å². The van der Waals surface area contributed by atoms with Gasteiger partial charge < -0.3 is 10.6 Å². The van der Waals surface area contributed by atoms with Crippen LogP contribution >= 0.6 is 0 Å². The molecule has 2 N–H and O–H groups in total. The zero-order chi connectivity index (χ0) is 15.1. The molecular weight excluding hydrogens is 260 g/mol. The Balaban J connectivity index is 1.93. The topological polar surface area (TPSA) is 49.8 Å². The molecule has 0 radical (unpaired) electrons. The van der Waals surface area contributed by atoms with E-state index < -0.39 is 0 Å². The number of nitrogens with zero attached hydrogens (tertiary/aromatic N) is 2. The van der Waals surface area contributed by atoms with Crippen molar-refractivity contribution in [2.45, 2.75) is 39.7 Å². The molecule has 1 unspecified atom stereocenters. The number of hydrogen-bond acceptors (Lipinski definition) is 4. The molecule has 0 bridgehead atoms. The third-order valence-electron chi connectivity index (χ3n) is 3.52. The summed E-state index contributed by atoms with van der Waals surface area (Å²) in [5.41, 5.74) is 2.45. The molecule has 1 aromatic heterocycles. The molecule has 0 fully saturated rings. The molecule has 112 valence electrons. The van der Waals surface area contributed by atoms with E-state index in [0.29, 0.717) is 6.04 Å². The number of hydrogen-bond donors (Lipinski definition) is 2. The molecule has 1 heterocycles. The Bertz CT molecular complexity index is 554. The minimum atomic E-state index is 0.369. The van der Waals surface area contributed by atoms with Crippen molar-refractivity contribution in [3.8, 4) is 0 Å². The lowest BCUT2D eigenvalue weighted by Crippen LogP contribution is -2.18. The van der Waals surface area contributed by atoms with Crippen LogP contribution in [0.2, 0.25) is 0 Å². The van der Waals surface area contributed by atoms with Gasteiger partial charge in [0.1, 0.15) is 18.0 Å². The maximum Gasteiger partial charge on any atom is 0.134 e. The molecule has 0 amide bonds. The number of aromatic nitrogens is 2. The predicted octanol–water partition coefficient (Wildman–Crippen LogP) is 3.65. The Morgan fingerprint density at radius 1 is 1.10 bits per heavy atom. The van der Waals surface area contributed by atoms with Crippen LogP contribution in [0.4, 0.5) is 11.6 Å². The average Bonchev–Trinajstić information content (AvgIpc) is 2.50. The smallest absolute Gasteiger partial charge is 0.134 e. The van der Waals surface area contributed by atoms with Gasteiger partial charge in [-0.1, -0.05) is 30.3 Å². The third kappa shape index (κ3) is 4.45. The molecule has 21 heavy (non-hydrogen) atoms. The largest absolute Gasteiger partial charge is 0.370 e. The van der Waals surface area contributed by atoms with Crippen molar-refractivity contribution in [3.63, 3.8) is 0 Å². The summed E-state index contributed by atoms with van der Waals surface area (Å²) in [6.07, 6.45) is 3.75. The summed E-state index contributed by atoms with van der Waals surface area (Å²) in [5.74, 6) is 1.83. The lowest BCUT2D eigenvalue weighted by molar-refractivity contribution is 0.701. The van der Waals surface area contributed by atoms with E-state index in [-0.39, 0.29) is 0 Å². The van der Waals surface area contributed by atoms with Gasteiger partial charge in [0.05, 0.1) is 0 Å². The summed E-state index contributed by atoms with van der Waals surface area (Å²) < 4.78 is 0. The first-order chi connectivity index (χ1) is 10.2. The van der Waals surface area contributed by atoms with Gasteiger partial charge in [0, 0.05) is 18.2 Å². The van der Waals surface area contributed by atoms with Crippen LogP contribution in [0.25, 0.3) is 0 Å². The molecule has 0 aliphatic rings. The quantitative estimate of drug-likeness (QED) is 0.815. The molecule has 0 saturated heterocycles. The minimum absolute atomic E-state index is 0.369. The van der Waals surface area contributed by atoms with Crippen LogP contribution in [-0.2, 0) is 6.42 Å². The number of aryl methyl sites for hydroxylation is 1. The molecule has 0 aliphatic carbocycles. The monoisotopic (exact) mass is 284 g/mol. The van der Waals surface area contributed by atoms with Crippen molar-refractivity contribution in [1.29, 1.82) is 0 Å². The van der Waals surface area contributed by atoms with Crippen LogP contribution in [0.1, 0.15) is 31.4 Å². The summed E-state index contributed by atoms with van der Waals surface area (Å²) in [4.78, 5) is 8.62. The van der Waals surface area contributed by atoms with Crippen molar-refractivity contribution in [2.75, 3.05) is 17.2 Å². The summed E-state index contributed by atoms with van der Waals surface area (Å²) >= 11 is 0. The van der Waals surface area contributed by atoms with Crippen LogP contribution in [0.15, 0.2) is 36.7 Å². The second kappa shape index (κ2) is 7.62. The Hall–Kier alpha value is -2.10. The average molecular weight is 284 g/mol. The third-order valence-corrected chi connectivity index (χ3v) is 3.52. The van der Waals surface area contributed by atoms with Gasteiger partial charge in [0.15, 0.2) is 0 Å². The minimum Gasteiger partial charge on any atom is -0.370 e. The Labute approximate surface area is 127 Å². The van der Waals surface area contributed by atoms with Gasteiger partial charge in [-0.2, -0.15) is 0 Å². The fraction of sp³-hybridized carbons (Fsp3) is 0.412. The van der Waals surface area contributed by atoms with E-state index in [2.05, 4.69) is 64.8 Å². The van der Waals surface area contributed by atoms with Crippen molar-refractivity contribution >= 4 is 11.6 Å². The van der Waals surface area contributed by atoms with E-state index in [0.717, 1.165) is 36.6 Å². The fourth-order valence-corrected chi connectivity index (χ4v) is 2.27. The summed E-state index contributed by atoms with van der Waals surface area (Å²) in [5, 5.41) is 6.74. The van der Waals surface area contributed by atoms with E-state index in [1.54, 1.807) is 6.33 Å². The van der Waals surface area contributed by atoms with Gasteiger partial charge in [-0.05, 0) is 39.2 Å². The van der Waals surface area contributed by atoms with E-state index in [1.807, 2.05) is 6.92 Å². The Morgan fingerprint density at radius 2 is 1.81 bits per heavy atom. The number of rotatable bonds is 7. The van der Waals surface area contributed by atoms with Crippen molar-refractivity contribution in [1.82, 2.24) is 9.97 Å². The van der Waals surface area contributed by atoms with Gasteiger partial charge in [0.2, 0.25) is 0 Å². The highest BCUT2D eigenvalue weighted by Crippen LogP contribution is 2.19. The Kier molecular flexibility index (Phi) is 5.55. The van der Waals surface area contributed by atoms with Gasteiger partial charge in [-0.25, -0.2) is 9.97 Å². The first kappa shape index (κ1) is 15.3. The standard InChI is InChI=1S/C17H24N4/c1-4-18-16-14(3)17(20-12-19-16)21-13(2)10-11-15-8-6-5-7-9-15/h5-9,12-13H,4,10-11H2,1-3H3,(H2,18,19,20,21). The highest BCUT2D eigenvalue weighted by molar-refractivity contribution is 5.56. The van der Waals surface area contributed by atoms with Crippen molar-refractivity contribution < 1.29 is 0 Å². The lowest BCUT2D eigenvalue weighted by atomic mass is 10.1. The number of nitrogens with one attached hydrogen (secondary N) is 2. The van der Waals surface area contributed by atoms with Crippen molar-refractivity contribution in [2.24, 2.45) is 0 Å².